The Bertz CT molecular complexity index is 342. The van der Waals surface area contributed by atoms with Gasteiger partial charge in [-0.3, -0.25) is 4.90 Å². The van der Waals surface area contributed by atoms with Crippen molar-refractivity contribution in [3.63, 3.8) is 0 Å². The van der Waals surface area contributed by atoms with E-state index >= 15 is 0 Å². The number of rotatable bonds is 6. The van der Waals surface area contributed by atoms with Crippen molar-refractivity contribution in [1.29, 1.82) is 0 Å². The summed E-state index contributed by atoms with van der Waals surface area (Å²) in [6.07, 6.45) is 0. The number of para-hydroxylation sites is 1. The minimum Gasteiger partial charge on any atom is -0.384 e. The fourth-order valence-electron chi connectivity index (χ4n) is 2.63. The highest BCUT2D eigenvalue weighted by Crippen LogP contribution is 2.06. The molecule has 0 aliphatic carbocycles. The molecule has 0 atom stereocenters. The Kier molecular flexibility index (Phi) is 5.67. The highest BCUT2D eigenvalue weighted by atomic mass is 15.3. The van der Waals surface area contributed by atoms with Crippen molar-refractivity contribution in [3.8, 4) is 0 Å². The first-order chi connectivity index (χ1) is 9.24. The summed E-state index contributed by atoms with van der Waals surface area (Å²) in [7, 11) is 0. The second kappa shape index (κ2) is 7.51. The zero-order chi connectivity index (χ0) is 13.5. The van der Waals surface area contributed by atoms with Crippen LogP contribution < -0.4 is 5.32 Å². The molecular formula is C16H27N3. The summed E-state index contributed by atoms with van der Waals surface area (Å²) in [6, 6.07) is 10.5. The van der Waals surface area contributed by atoms with Gasteiger partial charge in [-0.05, 0) is 18.1 Å². The van der Waals surface area contributed by atoms with Crippen molar-refractivity contribution in [2.75, 3.05) is 51.1 Å². The minimum atomic E-state index is 0.784. The SMILES string of the molecule is CC(C)CN1CCN(CCNc2ccccc2)CC1. The third-order valence-electron chi connectivity index (χ3n) is 3.62. The summed E-state index contributed by atoms with van der Waals surface area (Å²) >= 11 is 0. The Labute approximate surface area is 117 Å². The van der Waals surface area contributed by atoms with E-state index in [1.807, 2.05) is 0 Å². The lowest BCUT2D eigenvalue weighted by molar-refractivity contribution is 0.125. The molecule has 0 unspecified atom stereocenters. The van der Waals surface area contributed by atoms with Gasteiger partial charge in [-0.15, -0.1) is 0 Å². The van der Waals surface area contributed by atoms with Gasteiger partial charge in [0.2, 0.25) is 0 Å². The monoisotopic (exact) mass is 261 g/mol. The van der Waals surface area contributed by atoms with Crippen LogP contribution in [0, 0.1) is 5.92 Å². The standard InChI is InChI=1S/C16H27N3/c1-15(2)14-19-12-10-18(11-13-19)9-8-17-16-6-4-3-5-7-16/h3-7,15,17H,8-14H2,1-2H3. The van der Waals surface area contributed by atoms with E-state index in [0.29, 0.717) is 0 Å². The van der Waals surface area contributed by atoms with Gasteiger partial charge >= 0.3 is 0 Å². The maximum absolute atomic E-state index is 3.48. The summed E-state index contributed by atoms with van der Waals surface area (Å²) in [5.74, 6) is 0.784. The lowest BCUT2D eigenvalue weighted by Gasteiger charge is -2.35. The van der Waals surface area contributed by atoms with Gasteiger partial charge in [0.15, 0.2) is 0 Å². The van der Waals surface area contributed by atoms with Crippen molar-refractivity contribution in [3.05, 3.63) is 30.3 Å². The molecule has 1 heterocycles. The molecule has 0 spiro atoms. The van der Waals surface area contributed by atoms with Crippen LogP contribution in [0.3, 0.4) is 0 Å². The molecule has 0 amide bonds. The highest BCUT2D eigenvalue weighted by Gasteiger charge is 2.16. The molecule has 2 rings (SSSR count). The second-order valence-electron chi connectivity index (χ2n) is 5.83. The number of hydrogen-bond acceptors (Lipinski definition) is 3. The Morgan fingerprint density at radius 3 is 2.26 bits per heavy atom. The van der Waals surface area contributed by atoms with E-state index < -0.39 is 0 Å². The predicted molar refractivity (Wildman–Crippen MR) is 82.6 cm³/mol. The molecular weight excluding hydrogens is 234 g/mol. The van der Waals surface area contributed by atoms with Crippen LogP contribution in [-0.2, 0) is 0 Å². The van der Waals surface area contributed by atoms with Gasteiger partial charge in [0.1, 0.15) is 0 Å². The Balaban J connectivity index is 1.61. The van der Waals surface area contributed by atoms with Crippen molar-refractivity contribution in [2.24, 2.45) is 5.92 Å². The fraction of sp³-hybridized carbons (Fsp3) is 0.625. The second-order valence-corrected chi connectivity index (χ2v) is 5.83. The van der Waals surface area contributed by atoms with Crippen LogP contribution in [0.1, 0.15) is 13.8 Å². The molecule has 1 saturated heterocycles. The quantitative estimate of drug-likeness (QED) is 0.848. The highest BCUT2D eigenvalue weighted by molar-refractivity contribution is 5.42. The lowest BCUT2D eigenvalue weighted by Crippen LogP contribution is -2.48. The van der Waals surface area contributed by atoms with Gasteiger partial charge in [-0.25, -0.2) is 0 Å². The van der Waals surface area contributed by atoms with Crippen molar-refractivity contribution >= 4 is 5.69 Å². The molecule has 0 aromatic heterocycles. The number of piperazine rings is 1. The summed E-state index contributed by atoms with van der Waals surface area (Å²) < 4.78 is 0. The summed E-state index contributed by atoms with van der Waals surface area (Å²) in [6.45, 7) is 12.9. The van der Waals surface area contributed by atoms with Crippen LogP contribution in [0.2, 0.25) is 0 Å². The molecule has 19 heavy (non-hydrogen) atoms. The van der Waals surface area contributed by atoms with Gasteiger partial charge < -0.3 is 10.2 Å². The smallest absolute Gasteiger partial charge is 0.0340 e. The number of nitrogens with one attached hydrogen (secondary N) is 1. The first-order valence-electron chi connectivity index (χ1n) is 7.47. The normalized spacial score (nSPS) is 17.8. The Hall–Kier alpha value is -1.06. The lowest BCUT2D eigenvalue weighted by atomic mass is 10.2. The molecule has 0 bridgehead atoms. The summed E-state index contributed by atoms with van der Waals surface area (Å²) in [5.41, 5.74) is 1.22. The molecule has 1 aliphatic rings. The van der Waals surface area contributed by atoms with E-state index in [4.69, 9.17) is 0 Å². The van der Waals surface area contributed by atoms with Crippen molar-refractivity contribution in [2.45, 2.75) is 13.8 Å². The van der Waals surface area contributed by atoms with E-state index in [-0.39, 0.29) is 0 Å². The maximum atomic E-state index is 3.48. The molecule has 0 saturated carbocycles. The van der Waals surface area contributed by atoms with Gasteiger partial charge in [0.25, 0.3) is 0 Å². The molecule has 106 valence electrons. The van der Waals surface area contributed by atoms with Gasteiger partial charge in [-0.1, -0.05) is 32.0 Å². The Morgan fingerprint density at radius 1 is 1.00 bits per heavy atom. The van der Waals surface area contributed by atoms with E-state index in [1.165, 1.54) is 38.4 Å². The average molecular weight is 261 g/mol. The largest absolute Gasteiger partial charge is 0.384 e. The summed E-state index contributed by atoms with van der Waals surface area (Å²) in [5, 5.41) is 3.48. The number of benzene rings is 1. The van der Waals surface area contributed by atoms with Gasteiger partial charge in [-0.2, -0.15) is 0 Å². The maximum Gasteiger partial charge on any atom is 0.0340 e. The first-order valence-corrected chi connectivity index (χ1v) is 7.47. The number of anilines is 1. The molecule has 1 aromatic carbocycles. The predicted octanol–water partition coefficient (Wildman–Crippen LogP) is 2.37. The van der Waals surface area contributed by atoms with Crippen LogP contribution in [-0.4, -0.2) is 55.6 Å². The van der Waals surface area contributed by atoms with Crippen LogP contribution in [0.5, 0.6) is 0 Å². The third-order valence-corrected chi connectivity index (χ3v) is 3.62. The molecule has 0 radical (unpaired) electrons. The third kappa shape index (κ3) is 5.21. The first kappa shape index (κ1) is 14.4. The zero-order valence-electron chi connectivity index (χ0n) is 12.3. The van der Waals surface area contributed by atoms with Crippen molar-refractivity contribution in [1.82, 2.24) is 9.80 Å². The topological polar surface area (TPSA) is 18.5 Å². The Morgan fingerprint density at radius 2 is 1.63 bits per heavy atom. The van der Waals surface area contributed by atoms with Crippen LogP contribution in [0.25, 0.3) is 0 Å². The minimum absolute atomic E-state index is 0.784. The number of nitrogens with zero attached hydrogens (tertiary/aromatic N) is 2. The van der Waals surface area contributed by atoms with Crippen LogP contribution in [0.4, 0.5) is 5.69 Å². The van der Waals surface area contributed by atoms with Gasteiger partial charge in [0, 0.05) is 51.5 Å². The molecule has 1 fully saturated rings. The molecule has 1 aliphatic heterocycles. The van der Waals surface area contributed by atoms with Gasteiger partial charge in [0.05, 0.1) is 0 Å². The molecule has 3 heteroatoms. The van der Waals surface area contributed by atoms with E-state index in [0.717, 1.165) is 19.0 Å². The fourth-order valence-corrected chi connectivity index (χ4v) is 2.63. The van der Waals surface area contributed by atoms with E-state index in [9.17, 15) is 0 Å². The molecule has 3 nitrogen and oxygen atoms in total. The number of hydrogen-bond donors (Lipinski definition) is 1. The molecule has 1 aromatic rings. The van der Waals surface area contributed by atoms with Crippen molar-refractivity contribution < 1.29 is 0 Å². The van der Waals surface area contributed by atoms with E-state index in [2.05, 4.69) is 59.3 Å². The zero-order valence-corrected chi connectivity index (χ0v) is 12.3. The average Bonchev–Trinajstić information content (AvgIpc) is 2.41. The van der Waals surface area contributed by atoms with E-state index in [1.54, 1.807) is 0 Å². The summed E-state index contributed by atoms with van der Waals surface area (Å²) in [4.78, 5) is 5.15. The van der Waals surface area contributed by atoms with Crippen LogP contribution >= 0.6 is 0 Å². The molecule has 1 N–H and O–H groups in total. The van der Waals surface area contributed by atoms with Crippen LogP contribution in [0.15, 0.2) is 30.3 Å².